The number of hydrogen-bond donors (Lipinski definition) is 0. The summed E-state index contributed by atoms with van der Waals surface area (Å²) < 4.78 is 17.2. The highest BCUT2D eigenvalue weighted by atomic mass is 16.5. The van der Waals surface area contributed by atoms with E-state index in [1.807, 2.05) is 25.3 Å². The average Bonchev–Trinajstić information content (AvgIpc) is 3.29. The first-order chi connectivity index (χ1) is 13.3. The van der Waals surface area contributed by atoms with E-state index in [0.29, 0.717) is 29.3 Å². The monoisotopic (exact) mass is 385 g/mol. The zero-order chi connectivity index (χ0) is 20.4. The Bertz CT molecular complexity index is 1010. The molecule has 0 amide bonds. The van der Waals surface area contributed by atoms with Gasteiger partial charge < -0.3 is 13.8 Å². The molecule has 8 nitrogen and oxygen atoms in total. The molecule has 0 bridgehead atoms. The Morgan fingerprint density at radius 3 is 2.43 bits per heavy atom. The van der Waals surface area contributed by atoms with Gasteiger partial charge in [-0.3, -0.25) is 14.2 Å². The zero-order valence-corrected chi connectivity index (χ0v) is 16.7. The number of hydrogen-bond acceptors (Lipinski definition) is 7. The molecule has 0 aliphatic rings. The van der Waals surface area contributed by atoms with Crippen molar-refractivity contribution in [2.45, 2.75) is 47.5 Å². The Hall–Kier alpha value is -3.16. The molecule has 0 fully saturated rings. The van der Waals surface area contributed by atoms with Gasteiger partial charge >= 0.3 is 5.97 Å². The number of Topliss-reactive ketones (excluding diaryl/α,β-unsaturated/α-hetero) is 1. The largest absolute Gasteiger partial charge is 0.457 e. The van der Waals surface area contributed by atoms with Crippen molar-refractivity contribution in [2.75, 3.05) is 6.61 Å². The van der Waals surface area contributed by atoms with Gasteiger partial charge in [-0.2, -0.15) is 0 Å². The Morgan fingerprint density at radius 2 is 1.82 bits per heavy atom. The molecule has 8 heteroatoms. The molecule has 0 unspecified atom stereocenters. The standard InChI is InChI=1S/C20H23N3O5/c1-11-8-17(14(4)23(11)19-9-12(2)27-22-19)18(24)10-26-20(25)7-6-16-13(3)21-28-15(16)5/h8-9H,6-7,10H2,1-5H3. The molecule has 3 rings (SSSR count). The second-order valence-corrected chi connectivity index (χ2v) is 6.80. The molecule has 0 aromatic carbocycles. The van der Waals surface area contributed by atoms with Crippen LogP contribution in [0.4, 0.5) is 0 Å². The number of esters is 1. The van der Waals surface area contributed by atoms with Crippen LogP contribution in [0.15, 0.2) is 21.2 Å². The minimum absolute atomic E-state index is 0.160. The molecule has 0 N–H and O–H groups in total. The fraction of sp³-hybridized carbons (Fsp3) is 0.400. The lowest BCUT2D eigenvalue weighted by Gasteiger charge is -2.06. The summed E-state index contributed by atoms with van der Waals surface area (Å²) in [7, 11) is 0. The minimum Gasteiger partial charge on any atom is -0.457 e. The number of carbonyl (C=O) groups excluding carboxylic acids is 2. The van der Waals surface area contributed by atoms with Gasteiger partial charge in [0.25, 0.3) is 0 Å². The summed E-state index contributed by atoms with van der Waals surface area (Å²) in [5, 5.41) is 7.86. The van der Waals surface area contributed by atoms with E-state index in [-0.39, 0.29) is 18.8 Å². The molecule has 0 aliphatic carbocycles. The molecule has 3 aromatic heterocycles. The van der Waals surface area contributed by atoms with Crippen molar-refractivity contribution in [3.63, 3.8) is 0 Å². The SMILES string of the molecule is Cc1cc(-n2c(C)cc(C(=O)COC(=O)CCc3c(C)noc3C)c2C)no1. The number of rotatable bonds is 7. The maximum atomic E-state index is 12.6. The first-order valence-electron chi connectivity index (χ1n) is 9.01. The Balaban J connectivity index is 1.61. The van der Waals surface area contributed by atoms with Crippen molar-refractivity contribution in [1.29, 1.82) is 0 Å². The number of aromatic nitrogens is 3. The third kappa shape index (κ3) is 3.90. The molecule has 0 atom stereocenters. The van der Waals surface area contributed by atoms with Crippen molar-refractivity contribution in [3.05, 3.63) is 51.9 Å². The van der Waals surface area contributed by atoms with Crippen molar-refractivity contribution in [3.8, 4) is 5.82 Å². The highest BCUT2D eigenvalue weighted by molar-refractivity contribution is 5.99. The zero-order valence-electron chi connectivity index (χ0n) is 16.7. The van der Waals surface area contributed by atoms with Crippen LogP contribution in [0.25, 0.3) is 5.82 Å². The lowest BCUT2D eigenvalue weighted by molar-refractivity contribution is -0.142. The molecule has 0 aliphatic heterocycles. The van der Waals surface area contributed by atoms with Crippen LogP contribution in [-0.4, -0.2) is 33.2 Å². The highest BCUT2D eigenvalue weighted by Crippen LogP contribution is 2.21. The van der Waals surface area contributed by atoms with Crippen molar-refractivity contribution in [2.24, 2.45) is 0 Å². The van der Waals surface area contributed by atoms with Gasteiger partial charge in [0.2, 0.25) is 5.78 Å². The lowest BCUT2D eigenvalue weighted by Crippen LogP contribution is -2.15. The molecular formula is C20H23N3O5. The van der Waals surface area contributed by atoms with E-state index >= 15 is 0 Å². The third-order valence-electron chi connectivity index (χ3n) is 4.70. The lowest BCUT2D eigenvalue weighted by atomic mass is 10.1. The van der Waals surface area contributed by atoms with Crippen LogP contribution in [0.2, 0.25) is 0 Å². The molecule has 3 aromatic rings. The summed E-state index contributed by atoms with van der Waals surface area (Å²) in [5.41, 5.74) is 3.73. The van der Waals surface area contributed by atoms with Crippen LogP contribution >= 0.6 is 0 Å². The Morgan fingerprint density at radius 1 is 1.07 bits per heavy atom. The van der Waals surface area contributed by atoms with E-state index in [9.17, 15) is 9.59 Å². The molecule has 0 spiro atoms. The summed E-state index contributed by atoms with van der Waals surface area (Å²) in [5.74, 6) is 1.29. The van der Waals surface area contributed by atoms with Gasteiger partial charge in [-0.1, -0.05) is 10.3 Å². The molecule has 0 saturated heterocycles. The molecule has 28 heavy (non-hydrogen) atoms. The van der Waals surface area contributed by atoms with Gasteiger partial charge in [-0.05, 0) is 47.1 Å². The topological polar surface area (TPSA) is 100 Å². The van der Waals surface area contributed by atoms with E-state index in [0.717, 1.165) is 22.6 Å². The number of nitrogens with zero attached hydrogens (tertiary/aromatic N) is 3. The van der Waals surface area contributed by atoms with Crippen molar-refractivity contribution in [1.82, 2.24) is 14.9 Å². The predicted octanol–water partition coefficient (Wildman–Crippen LogP) is 3.35. The van der Waals surface area contributed by atoms with E-state index < -0.39 is 5.97 Å². The van der Waals surface area contributed by atoms with Gasteiger partial charge in [-0.25, -0.2) is 0 Å². The van der Waals surface area contributed by atoms with Crippen molar-refractivity contribution < 1.29 is 23.4 Å². The van der Waals surface area contributed by atoms with Crippen LogP contribution in [0, 0.1) is 34.6 Å². The quantitative estimate of drug-likeness (QED) is 0.454. The fourth-order valence-corrected chi connectivity index (χ4v) is 3.24. The maximum Gasteiger partial charge on any atom is 0.306 e. The average molecular weight is 385 g/mol. The molecular weight excluding hydrogens is 362 g/mol. The number of carbonyl (C=O) groups is 2. The summed E-state index contributed by atoms with van der Waals surface area (Å²) in [6, 6.07) is 3.56. The number of ketones is 1. The molecule has 148 valence electrons. The summed E-state index contributed by atoms with van der Waals surface area (Å²) >= 11 is 0. The fourth-order valence-electron chi connectivity index (χ4n) is 3.24. The van der Waals surface area contributed by atoms with Gasteiger partial charge in [0.05, 0.1) is 5.69 Å². The second kappa shape index (κ2) is 7.84. The molecule has 0 radical (unpaired) electrons. The van der Waals surface area contributed by atoms with Crippen molar-refractivity contribution >= 4 is 11.8 Å². The smallest absolute Gasteiger partial charge is 0.306 e. The van der Waals surface area contributed by atoms with Crippen LogP contribution < -0.4 is 0 Å². The summed E-state index contributed by atoms with van der Waals surface area (Å²) in [4.78, 5) is 24.6. The van der Waals surface area contributed by atoms with Gasteiger partial charge in [0, 0.05) is 35.0 Å². The number of aryl methyl sites for hydroxylation is 4. The first kappa shape index (κ1) is 19.6. The van der Waals surface area contributed by atoms with Crippen LogP contribution in [0.1, 0.15) is 50.9 Å². The third-order valence-corrected chi connectivity index (χ3v) is 4.70. The van der Waals surface area contributed by atoms with Gasteiger partial charge in [-0.15, -0.1) is 0 Å². The van der Waals surface area contributed by atoms with E-state index in [2.05, 4.69) is 10.3 Å². The van der Waals surface area contributed by atoms with Gasteiger partial charge in [0.1, 0.15) is 11.5 Å². The van der Waals surface area contributed by atoms with E-state index in [1.54, 1.807) is 26.0 Å². The summed E-state index contributed by atoms with van der Waals surface area (Å²) in [6.45, 7) is 8.83. The van der Waals surface area contributed by atoms with Gasteiger partial charge in [0.15, 0.2) is 12.4 Å². The van der Waals surface area contributed by atoms with E-state index in [1.165, 1.54) is 0 Å². The van der Waals surface area contributed by atoms with E-state index in [4.69, 9.17) is 13.8 Å². The number of ether oxygens (including phenoxy) is 1. The molecule has 3 heterocycles. The Kier molecular flexibility index (Phi) is 5.48. The second-order valence-electron chi connectivity index (χ2n) is 6.80. The minimum atomic E-state index is -0.436. The van der Waals surface area contributed by atoms with Crippen LogP contribution in [0.3, 0.4) is 0 Å². The maximum absolute atomic E-state index is 12.6. The normalized spacial score (nSPS) is 11.0. The van der Waals surface area contributed by atoms with Crippen LogP contribution in [0.5, 0.6) is 0 Å². The van der Waals surface area contributed by atoms with Crippen LogP contribution in [-0.2, 0) is 16.0 Å². The Labute approximate surface area is 162 Å². The molecule has 0 saturated carbocycles. The predicted molar refractivity (Wildman–Crippen MR) is 99.6 cm³/mol. The first-order valence-corrected chi connectivity index (χ1v) is 9.01. The summed E-state index contributed by atoms with van der Waals surface area (Å²) in [6.07, 6.45) is 0.627. The highest BCUT2D eigenvalue weighted by Gasteiger charge is 2.20.